The number of carboxylic acid groups (broad SMARTS) is 1. The molecule has 228 valence electrons. The fourth-order valence-electron chi connectivity index (χ4n) is 5.45. The quantitative estimate of drug-likeness (QED) is 0.167. The normalized spacial score (nSPS) is 23.3. The zero-order chi connectivity index (χ0) is 31.1. The van der Waals surface area contributed by atoms with Gasteiger partial charge in [0.05, 0.1) is 18.9 Å². The maximum atomic E-state index is 13.3. The van der Waals surface area contributed by atoms with E-state index in [1.54, 1.807) is 0 Å². The number of alkyl halides is 3. The average molecular weight is 609 g/mol. The third kappa shape index (κ3) is 7.33. The molecule has 2 aromatic carbocycles. The van der Waals surface area contributed by atoms with Gasteiger partial charge in [0.2, 0.25) is 11.8 Å². The van der Waals surface area contributed by atoms with Gasteiger partial charge in [-0.05, 0) is 35.4 Å². The summed E-state index contributed by atoms with van der Waals surface area (Å²) in [6, 6.07) is 17.2. The van der Waals surface area contributed by atoms with Gasteiger partial charge in [-0.25, -0.2) is 4.79 Å². The molecule has 8 nitrogen and oxygen atoms in total. The second-order valence-electron chi connectivity index (χ2n) is 10.3. The van der Waals surface area contributed by atoms with Crippen molar-refractivity contribution in [2.45, 2.75) is 61.7 Å². The van der Waals surface area contributed by atoms with E-state index in [2.05, 4.69) is 24.4 Å². The van der Waals surface area contributed by atoms with Crippen LogP contribution in [0.2, 0.25) is 0 Å². The number of fused-ring (bicyclic) bond motifs is 1. The lowest BCUT2D eigenvalue weighted by atomic mass is 9.76. The van der Waals surface area contributed by atoms with Gasteiger partial charge >= 0.3 is 18.1 Å². The molecule has 0 spiro atoms. The number of hydrogen-bond acceptors (Lipinski definition) is 7. The molecule has 3 unspecified atom stereocenters. The minimum Gasteiger partial charge on any atom is -0.475 e. The minimum absolute atomic E-state index is 0.259. The van der Waals surface area contributed by atoms with Gasteiger partial charge in [0.25, 0.3) is 0 Å². The van der Waals surface area contributed by atoms with Crippen molar-refractivity contribution < 1.29 is 42.2 Å². The molecular formula is C30H35F3N2O6S. The van der Waals surface area contributed by atoms with Gasteiger partial charge in [0.1, 0.15) is 5.54 Å². The number of nitrogens with one attached hydrogen (secondary N) is 1. The molecule has 4 rings (SSSR count). The van der Waals surface area contributed by atoms with Crippen LogP contribution in [0.15, 0.2) is 59.5 Å². The number of halogens is 3. The highest BCUT2D eigenvalue weighted by Crippen LogP contribution is 2.50. The van der Waals surface area contributed by atoms with E-state index in [1.165, 1.54) is 49.6 Å². The second kappa shape index (κ2) is 14.2. The zero-order valence-corrected chi connectivity index (χ0v) is 24.5. The first-order chi connectivity index (χ1) is 19.9. The Labute approximate surface area is 247 Å². The van der Waals surface area contributed by atoms with Crippen molar-refractivity contribution in [2.24, 2.45) is 11.8 Å². The first-order valence-electron chi connectivity index (χ1n) is 13.6. The third-order valence-corrected chi connectivity index (χ3v) is 8.60. The Kier molecular flexibility index (Phi) is 11.2. The summed E-state index contributed by atoms with van der Waals surface area (Å²) in [4.78, 5) is 51.1. The van der Waals surface area contributed by atoms with Gasteiger partial charge in [-0.2, -0.15) is 13.2 Å². The van der Waals surface area contributed by atoms with Crippen molar-refractivity contribution in [2.75, 3.05) is 19.9 Å². The number of thioether (sulfide) groups is 1. The smallest absolute Gasteiger partial charge is 0.475 e. The number of carbonyl (C=O) groups is 4. The second-order valence-corrected chi connectivity index (χ2v) is 11.4. The van der Waals surface area contributed by atoms with Crippen LogP contribution in [0.5, 0.6) is 0 Å². The zero-order valence-electron chi connectivity index (χ0n) is 23.6. The lowest BCUT2D eigenvalue weighted by Crippen LogP contribution is -2.57. The number of nitrogens with zero attached hydrogens (tertiary/aromatic N) is 1. The molecule has 0 saturated carbocycles. The van der Waals surface area contributed by atoms with E-state index >= 15 is 0 Å². The van der Waals surface area contributed by atoms with Crippen LogP contribution >= 0.6 is 11.8 Å². The number of ether oxygens (including phenoxy) is 1. The molecule has 0 bridgehead atoms. The summed E-state index contributed by atoms with van der Waals surface area (Å²) < 4.78 is 37.0. The highest BCUT2D eigenvalue weighted by molar-refractivity contribution is 7.99. The van der Waals surface area contributed by atoms with Gasteiger partial charge in [0, 0.05) is 24.4 Å². The Bertz CT molecular complexity index is 1260. The minimum atomic E-state index is -5.08. The SMILES string of the molecule is CCCCCCSc1ccc(C2N[C@@](Cc3ccccc3)(C(=O)OC)C3C(=O)N(C)C(=O)C23)cc1.O=C(O)C(F)(F)F. The number of unbranched alkanes of at least 4 members (excludes halogenated alkanes) is 3. The molecule has 0 radical (unpaired) electrons. The van der Waals surface area contributed by atoms with E-state index in [-0.39, 0.29) is 18.2 Å². The van der Waals surface area contributed by atoms with Crippen molar-refractivity contribution >= 4 is 35.5 Å². The third-order valence-electron chi connectivity index (χ3n) is 7.50. The summed E-state index contributed by atoms with van der Waals surface area (Å²) in [5.41, 5.74) is 0.468. The number of rotatable bonds is 10. The fourth-order valence-corrected chi connectivity index (χ4v) is 6.36. The first kappa shape index (κ1) is 33.1. The summed E-state index contributed by atoms with van der Waals surface area (Å²) in [5, 5.41) is 10.6. The van der Waals surface area contributed by atoms with E-state index in [4.69, 9.17) is 14.6 Å². The summed E-state index contributed by atoms with van der Waals surface area (Å²) >= 11 is 1.83. The van der Waals surface area contributed by atoms with Crippen molar-refractivity contribution in [1.29, 1.82) is 0 Å². The van der Waals surface area contributed by atoms with E-state index < -0.39 is 41.5 Å². The van der Waals surface area contributed by atoms with E-state index in [9.17, 15) is 27.6 Å². The topological polar surface area (TPSA) is 113 Å². The van der Waals surface area contributed by atoms with Gasteiger partial charge in [-0.3, -0.25) is 24.6 Å². The van der Waals surface area contributed by atoms with E-state index in [1.807, 2.05) is 54.2 Å². The van der Waals surface area contributed by atoms with Crippen molar-refractivity contribution in [3.63, 3.8) is 0 Å². The number of benzene rings is 2. The van der Waals surface area contributed by atoms with Gasteiger partial charge in [0.15, 0.2) is 0 Å². The van der Waals surface area contributed by atoms with E-state index in [0.717, 1.165) is 16.9 Å². The van der Waals surface area contributed by atoms with Crippen LogP contribution in [0.1, 0.15) is 49.8 Å². The molecule has 0 aromatic heterocycles. The molecule has 2 aromatic rings. The summed E-state index contributed by atoms with van der Waals surface area (Å²) in [5.74, 6) is -4.29. The first-order valence-corrected chi connectivity index (χ1v) is 14.6. The molecule has 0 aliphatic carbocycles. The molecule has 2 saturated heterocycles. The fraction of sp³-hybridized carbons (Fsp3) is 0.467. The van der Waals surface area contributed by atoms with Gasteiger partial charge < -0.3 is 9.84 Å². The highest BCUT2D eigenvalue weighted by Gasteiger charge is 2.68. The maximum Gasteiger partial charge on any atom is 0.490 e. The lowest BCUT2D eigenvalue weighted by molar-refractivity contribution is -0.192. The number of amides is 2. The predicted molar refractivity (Wildman–Crippen MR) is 151 cm³/mol. The Morgan fingerprint density at radius 1 is 1.02 bits per heavy atom. The molecule has 2 aliphatic rings. The summed E-state index contributed by atoms with van der Waals surface area (Å²) in [6.45, 7) is 2.21. The molecule has 2 fully saturated rings. The Hall–Kier alpha value is -3.38. The number of aliphatic carboxylic acids is 1. The average Bonchev–Trinajstić information content (AvgIpc) is 3.42. The molecule has 12 heteroatoms. The molecule has 2 heterocycles. The number of hydrogen-bond donors (Lipinski definition) is 2. The highest BCUT2D eigenvalue weighted by atomic mass is 32.2. The van der Waals surface area contributed by atoms with Crippen LogP contribution < -0.4 is 5.32 Å². The lowest BCUT2D eigenvalue weighted by Gasteiger charge is -2.32. The molecule has 2 N–H and O–H groups in total. The van der Waals surface area contributed by atoms with E-state index in [0.29, 0.717) is 0 Å². The van der Waals surface area contributed by atoms with Crippen molar-refractivity contribution in [1.82, 2.24) is 10.2 Å². The summed E-state index contributed by atoms with van der Waals surface area (Å²) in [7, 11) is 2.83. The Morgan fingerprint density at radius 3 is 2.19 bits per heavy atom. The molecule has 4 atom stereocenters. The number of carboxylic acids is 1. The summed E-state index contributed by atoms with van der Waals surface area (Å²) in [6.07, 6.45) is 0.109. The van der Waals surface area contributed by atoms with Crippen LogP contribution in [0.25, 0.3) is 0 Å². The van der Waals surface area contributed by atoms with Crippen LogP contribution in [0.3, 0.4) is 0 Å². The molecule has 42 heavy (non-hydrogen) atoms. The number of imide groups is 1. The Morgan fingerprint density at radius 2 is 1.64 bits per heavy atom. The predicted octanol–water partition coefficient (Wildman–Crippen LogP) is 5.02. The largest absolute Gasteiger partial charge is 0.490 e. The van der Waals surface area contributed by atoms with Crippen LogP contribution in [0, 0.1) is 11.8 Å². The maximum absolute atomic E-state index is 13.3. The Balaban J connectivity index is 0.000000616. The van der Waals surface area contributed by atoms with Crippen LogP contribution in [-0.4, -0.2) is 65.4 Å². The molecular weight excluding hydrogens is 573 g/mol. The number of esters is 1. The molecule has 2 amide bonds. The van der Waals surface area contributed by atoms with Crippen molar-refractivity contribution in [3.8, 4) is 0 Å². The number of likely N-dealkylation sites (tertiary alicyclic amines) is 1. The van der Waals surface area contributed by atoms with Crippen molar-refractivity contribution in [3.05, 3.63) is 65.7 Å². The standard InChI is InChI=1S/C28H34N2O4S.C2HF3O2/c1-4-5-6-10-17-35-21-15-13-20(14-16-21)24-22-23(26(32)30(2)25(22)31)28(29-24,27(33)34-3)18-19-11-8-7-9-12-19;3-2(4,5)1(6)7/h7-9,11-16,22-24,29H,4-6,10,17-18H2,1-3H3;(H,6,7)/t22?,23?,24?,28-;/m1./s1. The van der Waals surface area contributed by atoms with Crippen LogP contribution in [-0.2, 0) is 30.3 Å². The van der Waals surface area contributed by atoms with Gasteiger partial charge in [-0.1, -0.05) is 68.7 Å². The molecule has 2 aliphatic heterocycles. The van der Waals surface area contributed by atoms with Gasteiger partial charge in [-0.15, -0.1) is 11.8 Å². The van der Waals surface area contributed by atoms with Crippen LogP contribution in [0.4, 0.5) is 13.2 Å². The number of carbonyl (C=O) groups excluding carboxylic acids is 3. The number of methoxy groups -OCH3 is 1. The monoisotopic (exact) mass is 608 g/mol.